The molecule has 0 spiro atoms. The van der Waals surface area contributed by atoms with Crippen LogP contribution in [0.1, 0.15) is 10.4 Å². The molecule has 4 rings (SSSR count). The molecule has 6 heteroatoms. The summed E-state index contributed by atoms with van der Waals surface area (Å²) in [5.74, 6) is 0.923. The summed E-state index contributed by atoms with van der Waals surface area (Å²) in [4.78, 5) is 8.24. The SMILES string of the molecule is c1cn2cnnc2c(N2CCc3sccc3C2)n1. The first-order chi connectivity index (χ1) is 8.92. The lowest BCUT2D eigenvalue weighted by Crippen LogP contribution is -2.30. The van der Waals surface area contributed by atoms with Crippen molar-refractivity contribution in [3.8, 4) is 0 Å². The first kappa shape index (κ1) is 10.0. The van der Waals surface area contributed by atoms with Gasteiger partial charge >= 0.3 is 0 Å². The number of anilines is 1. The largest absolute Gasteiger partial charge is 0.349 e. The third-order valence-electron chi connectivity index (χ3n) is 3.30. The molecule has 0 saturated heterocycles. The zero-order chi connectivity index (χ0) is 11.9. The van der Waals surface area contributed by atoms with Crippen LogP contribution in [0.25, 0.3) is 5.65 Å². The smallest absolute Gasteiger partial charge is 0.203 e. The Labute approximate surface area is 108 Å². The van der Waals surface area contributed by atoms with E-state index in [1.165, 1.54) is 10.4 Å². The molecule has 0 amide bonds. The molecule has 18 heavy (non-hydrogen) atoms. The van der Waals surface area contributed by atoms with E-state index in [4.69, 9.17) is 0 Å². The minimum atomic E-state index is 0.830. The van der Waals surface area contributed by atoms with E-state index >= 15 is 0 Å². The topological polar surface area (TPSA) is 46.3 Å². The van der Waals surface area contributed by atoms with Gasteiger partial charge in [-0.05, 0) is 23.4 Å². The average molecular weight is 257 g/mol. The fourth-order valence-electron chi connectivity index (χ4n) is 2.40. The van der Waals surface area contributed by atoms with Gasteiger partial charge in [0.05, 0.1) is 0 Å². The van der Waals surface area contributed by atoms with Crippen LogP contribution >= 0.6 is 11.3 Å². The molecule has 0 atom stereocenters. The molecule has 4 heterocycles. The Kier molecular flexibility index (Phi) is 2.10. The predicted octanol–water partition coefficient (Wildman–Crippen LogP) is 1.75. The average Bonchev–Trinajstić information content (AvgIpc) is 3.05. The second kappa shape index (κ2) is 3.78. The Morgan fingerprint density at radius 3 is 3.33 bits per heavy atom. The summed E-state index contributed by atoms with van der Waals surface area (Å²) in [6.07, 6.45) is 6.47. The van der Waals surface area contributed by atoms with Gasteiger partial charge in [-0.2, -0.15) is 0 Å². The Bertz CT molecular complexity index is 701. The molecule has 5 nitrogen and oxygen atoms in total. The summed E-state index contributed by atoms with van der Waals surface area (Å²) in [5, 5.41) is 10.3. The number of thiophene rings is 1. The molecule has 0 N–H and O–H groups in total. The van der Waals surface area contributed by atoms with Crippen LogP contribution < -0.4 is 4.90 Å². The number of fused-ring (bicyclic) bond motifs is 2. The van der Waals surface area contributed by atoms with Gasteiger partial charge in [0, 0.05) is 30.4 Å². The van der Waals surface area contributed by atoms with E-state index in [2.05, 4.69) is 31.5 Å². The summed E-state index contributed by atoms with van der Waals surface area (Å²) in [6.45, 7) is 1.91. The van der Waals surface area contributed by atoms with Crippen LogP contribution in [0.4, 0.5) is 5.82 Å². The third kappa shape index (κ3) is 1.42. The molecule has 0 aromatic carbocycles. The van der Waals surface area contributed by atoms with E-state index < -0.39 is 0 Å². The zero-order valence-corrected chi connectivity index (χ0v) is 10.5. The van der Waals surface area contributed by atoms with E-state index in [1.54, 1.807) is 12.5 Å². The van der Waals surface area contributed by atoms with Crippen LogP contribution in [-0.4, -0.2) is 26.1 Å². The molecule has 3 aromatic heterocycles. The quantitative estimate of drug-likeness (QED) is 0.666. The summed E-state index contributed by atoms with van der Waals surface area (Å²) in [6, 6.07) is 2.20. The summed E-state index contributed by atoms with van der Waals surface area (Å²) in [5.41, 5.74) is 2.24. The van der Waals surface area contributed by atoms with E-state index in [0.29, 0.717) is 0 Å². The number of rotatable bonds is 1. The van der Waals surface area contributed by atoms with Crippen molar-refractivity contribution >= 4 is 22.8 Å². The normalized spacial score (nSPS) is 15.0. The van der Waals surface area contributed by atoms with E-state index in [9.17, 15) is 0 Å². The number of nitrogens with zero attached hydrogens (tertiary/aromatic N) is 5. The zero-order valence-electron chi connectivity index (χ0n) is 9.65. The van der Waals surface area contributed by atoms with Crippen molar-refractivity contribution < 1.29 is 0 Å². The maximum atomic E-state index is 4.47. The minimum absolute atomic E-state index is 0.830. The second-order valence-electron chi connectivity index (χ2n) is 4.35. The fraction of sp³-hybridized carbons (Fsp3) is 0.250. The molecular weight excluding hydrogens is 246 g/mol. The van der Waals surface area contributed by atoms with Gasteiger partial charge in [0.1, 0.15) is 6.33 Å². The number of hydrogen-bond acceptors (Lipinski definition) is 5. The van der Waals surface area contributed by atoms with Crippen molar-refractivity contribution in [2.75, 3.05) is 11.4 Å². The van der Waals surface area contributed by atoms with Gasteiger partial charge in [-0.25, -0.2) is 4.98 Å². The monoisotopic (exact) mass is 257 g/mol. The standard InChI is InChI=1S/C12H11N5S/c1-4-16(7-9-2-6-18-10(1)9)11-12-15-14-8-17(12)5-3-13-11/h2-3,5-6,8H,1,4,7H2. The highest BCUT2D eigenvalue weighted by molar-refractivity contribution is 7.10. The maximum Gasteiger partial charge on any atom is 0.203 e. The van der Waals surface area contributed by atoms with Gasteiger partial charge in [0.25, 0.3) is 0 Å². The van der Waals surface area contributed by atoms with E-state index in [0.717, 1.165) is 31.0 Å². The summed E-state index contributed by atoms with van der Waals surface area (Å²) in [7, 11) is 0. The van der Waals surface area contributed by atoms with Gasteiger partial charge in [-0.1, -0.05) is 0 Å². The lowest BCUT2D eigenvalue weighted by Gasteiger charge is -2.27. The van der Waals surface area contributed by atoms with Crippen LogP contribution in [0.15, 0.2) is 30.2 Å². The third-order valence-corrected chi connectivity index (χ3v) is 4.33. The molecule has 0 fully saturated rings. The van der Waals surface area contributed by atoms with Crippen LogP contribution in [-0.2, 0) is 13.0 Å². The first-order valence-corrected chi connectivity index (χ1v) is 6.74. The molecule has 0 aliphatic carbocycles. The maximum absolute atomic E-state index is 4.47. The van der Waals surface area contributed by atoms with Crippen molar-refractivity contribution in [1.29, 1.82) is 0 Å². The molecular formula is C12H11N5S. The van der Waals surface area contributed by atoms with Crippen molar-refractivity contribution in [3.05, 3.63) is 40.6 Å². The minimum Gasteiger partial charge on any atom is -0.349 e. The summed E-state index contributed by atoms with van der Waals surface area (Å²) >= 11 is 1.85. The van der Waals surface area contributed by atoms with Gasteiger partial charge < -0.3 is 4.90 Å². The molecule has 3 aromatic rings. The van der Waals surface area contributed by atoms with Crippen LogP contribution in [0.3, 0.4) is 0 Å². The predicted molar refractivity (Wildman–Crippen MR) is 69.9 cm³/mol. The van der Waals surface area contributed by atoms with Crippen molar-refractivity contribution in [2.24, 2.45) is 0 Å². The molecule has 1 aliphatic rings. The van der Waals surface area contributed by atoms with Crippen molar-refractivity contribution in [3.63, 3.8) is 0 Å². The van der Waals surface area contributed by atoms with Crippen LogP contribution in [0.2, 0.25) is 0 Å². The van der Waals surface area contributed by atoms with Gasteiger partial charge in [0.2, 0.25) is 5.65 Å². The Balaban J connectivity index is 1.78. The highest BCUT2D eigenvalue weighted by atomic mass is 32.1. The Morgan fingerprint density at radius 2 is 2.33 bits per heavy atom. The molecule has 0 bridgehead atoms. The number of aromatic nitrogens is 4. The fourth-order valence-corrected chi connectivity index (χ4v) is 3.29. The second-order valence-corrected chi connectivity index (χ2v) is 5.35. The highest BCUT2D eigenvalue weighted by Crippen LogP contribution is 2.28. The lowest BCUT2D eigenvalue weighted by atomic mass is 10.1. The summed E-state index contributed by atoms with van der Waals surface area (Å²) < 4.78 is 1.91. The van der Waals surface area contributed by atoms with E-state index in [-0.39, 0.29) is 0 Å². The van der Waals surface area contributed by atoms with Crippen LogP contribution in [0.5, 0.6) is 0 Å². The number of hydrogen-bond donors (Lipinski definition) is 0. The molecule has 0 radical (unpaired) electrons. The van der Waals surface area contributed by atoms with E-state index in [1.807, 2.05) is 21.9 Å². The van der Waals surface area contributed by atoms with Crippen molar-refractivity contribution in [2.45, 2.75) is 13.0 Å². The molecule has 0 unspecified atom stereocenters. The molecule has 90 valence electrons. The van der Waals surface area contributed by atoms with Gasteiger partial charge in [-0.15, -0.1) is 21.5 Å². The van der Waals surface area contributed by atoms with Crippen LogP contribution in [0, 0.1) is 0 Å². The Hall–Kier alpha value is -1.95. The molecule has 1 aliphatic heterocycles. The van der Waals surface area contributed by atoms with Crippen molar-refractivity contribution in [1.82, 2.24) is 19.6 Å². The van der Waals surface area contributed by atoms with Gasteiger partial charge in [0.15, 0.2) is 5.82 Å². The Morgan fingerprint density at radius 1 is 1.33 bits per heavy atom. The molecule has 0 saturated carbocycles. The van der Waals surface area contributed by atoms with Gasteiger partial charge in [-0.3, -0.25) is 4.40 Å². The highest BCUT2D eigenvalue weighted by Gasteiger charge is 2.20. The lowest BCUT2D eigenvalue weighted by molar-refractivity contribution is 0.731. The first-order valence-electron chi connectivity index (χ1n) is 5.86.